The first-order chi connectivity index (χ1) is 15.9. The summed E-state index contributed by atoms with van der Waals surface area (Å²) in [6.07, 6.45) is 0.816. The zero-order valence-corrected chi connectivity index (χ0v) is 20.2. The summed E-state index contributed by atoms with van der Waals surface area (Å²) in [5.41, 5.74) is 4.49. The van der Waals surface area contributed by atoms with Crippen LogP contribution in [0.25, 0.3) is 0 Å². The van der Waals surface area contributed by atoms with Gasteiger partial charge in [0.25, 0.3) is 0 Å². The van der Waals surface area contributed by atoms with Crippen LogP contribution in [0.15, 0.2) is 59.8 Å². The highest BCUT2D eigenvalue weighted by molar-refractivity contribution is 7.80. The number of benzene rings is 2. The lowest BCUT2D eigenvalue weighted by atomic mass is 9.94. The summed E-state index contributed by atoms with van der Waals surface area (Å²) in [4.78, 5) is 27.3. The maximum Gasteiger partial charge on any atom is 0.338 e. The molecule has 0 saturated carbocycles. The zero-order chi connectivity index (χ0) is 24.0. The van der Waals surface area contributed by atoms with Crippen LogP contribution in [-0.4, -0.2) is 35.2 Å². The van der Waals surface area contributed by atoms with E-state index in [2.05, 4.69) is 16.0 Å². The van der Waals surface area contributed by atoms with Gasteiger partial charge >= 0.3 is 12.0 Å². The fourth-order valence-corrected chi connectivity index (χ4v) is 4.30. The molecule has 1 atom stereocenters. The number of carbonyl (C=O) groups excluding carboxylic acids is 2. The van der Waals surface area contributed by atoms with Crippen LogP contribution in [0.1, 0.15) is 44.9 Å². The van der Waals surface area contributed by atoms with E-state index in [4.69, 9.17) is 17.0 Å². The molecule has 0 bridgehead atoms. The molecular weight excluding hydrogens is 436 g/mol. The fraction of sp³-hybridized carbons (Fsp3) is 0.320. The normalized spacial score (nSPS) is 15.7. The van der Waals surface area contributed by atoms with Crippen LogP contribution >= 0.6 is 12.2 Å². The molecule has 0 saturated heterocycles. The molecule has 3 rings (SSSR count). The molecule has 1 aliphatic heterocycles. The van der Waals surface area contributed by atoms with Gasteiger partial charge in [-0.2, -0.15) is 0 Å². The third kappa shape index (κ3) is 5.51. The van der Waals surface area contributed by atoms with E-state index in [9.17, 15) is 9.59 Å². The Morgan fingerprint density at radius 3 is 2.55 bits per heavy atom. The molecule has 1 aliphatic rings. The van der Waals surface area contributed by atoms with Crippen molar-refractivity contribution >= 4 is 40.7 Å². The van der Waals surface area contributed by atoms with Crippen LogP contribution in [0.3, 0.4) is 0 Å². The van der Waals surface area contributed by atoms with Gasteiger partial charge in [0.05, 0.1) is 18.2 Å². The lowest BCUT2D eigenvalue weighted by molar-refractivity contribution is -0.139. The van der Waals surface area contributed by atoms with Crippen LogP contribution in [0, 0.1) is 0 Å². The second kappa shape index (κ2) is 11.0. The number of allylic oxidation sites excluding steroid dienone is 1. The Morgan fingerprint density at radius 1 is 1.09 bits per heavy atom. The minimum atomic E-state index is -0.482. The third-order valence-electron chi connectivity index (χ3n) is 5.53. The van der Waals surface area contributed by atoms with E-state index in [1.54, 1.807) is 13.0 Å². The van der Waals surface area contributed by atoms with E-state index >= 15 is 0 Å². The van der Waals surface area contributed by atoms with Crippen molar-refractivity contribution in [3.63, 3.8) is 0 Å². The van der Waals surface area contributed by atoms with Gasteiger partial charge in [0.2, 0.25) is 0 Å². The van der Waals surface area contributed by atoms with Gasteiger partial charge < -0.3 is 25.6 Å². The standard InChI is InChI=1S/C25H30N4O3S/c1-5-17-11-8-9-14-20(17)27-24(31)26-19-13-10-12-18(15-19)22-21(23(30)32-7-3)16(4)29(6-2)25(33)28-22/h8-15,22H,5-7H2,1-4H3,(H,28,33)(H2,26,27,31)/t22-/m1/s1. The number of ether oxygens (including phenoxy) is 1. The Hall–Kier alpha value is -3.39. The third-order valence-corrected chi connectivity index (χ3v) is 5.87. The molecule has 2 amide bonds. The van der Waals surface area contributed by atoms with Gasteiger partial charge in [-0.15, -0.1) is 0 Å². The van der Waals surface area contributed by atoms with Crippen molar-refractivity contribution in [1.29, 1.82) is 0 Å². The SMILES string of the molecule is CCOC(=O)C1=C(C)N(CC)C(=S)N[C@@H]1c1cccc(NC(=O)Nc2ccccc2CC)c1. The van der Waals surface area contributed by atoms with Gasteiger partial charge in [-0.3, -0.25) is 0 Å². The Labute approximate surface area is 200 Å². The first-order valence-electron chi connectivity index (χ1n) is 11.1. The van der Waals surface area contributed by atoms with Crippen LogP contribution in [0.2, 0.25) is 0 Å². The molecule has 2 aromatic rings. The molecule has 0 aromatic heterocycles. The van der Waals surface area contributed by atoms with E-state index in [0.29, 0.717) is 22.9 Å². The largest absolute Gasteiger partial charge is 0.463 e. The molecule has 2 aromatic carbocycles. The Morgan fingerprint density at radius 2 is 1.85 bits per heavy atom. The van der Waals surface area contributed by atoms with Crippen LogP contribution in [0.4, 0.5) is 16.2 Å². The summed E-state index contributed by atoms with van der Waals surface area (Å²) in [5, 5.41) is 9.58. The number of carbonyl (C=O) groups is 2. The molecule has 0 aliphatic carbocycles. The Kier molecular flexibility index (Phi) is 8.06. The summed E-state index contributed by atoms with van der Waals surface area (Å²) in [5.74, 6) is -0.388. The smallest absolute Gasteiger partial charge is 0.338 e. The van der Waals surface area contributed by atoms with Gasteiger partial charge in [-0.05, 0) is 68.7 Å². The summed E-state index contributed by atoms with van der Waals surface area (Å²) in [6, 6.07) is 14.2. The second-order valence-electron chi connectivity index (χ2n) is 7.56. The molecule has 0 fully saturated rings. The molecule has 33 heavy (non-hydrogen) atoms. The van der Waals surface area contributed by atoms with Gasteiger partial charge in [-0.25, -0.2) is 9.59 Å². The Balaban J connectivity index is 1.86. The number of nitrogens with zero attached hydrogens (tertiary/aromatic N) is 1. The quantitative estimate of drug-likeness (QED) is 0.394. The predicted octanol–water partition coefficient (Wildman–Crippen LogP) is 4.98. The molecule has 8 heteroatoms. The topological polar surface area (TPSA) is 82.7 Å². The number of amides is 2. The molecule has 7 nitrogen and oxygen atoms in total. The molecule has 0 unspecified atom stereocenters. The zero-order valence-electron chi connectivity index (χ0n) is 19.4. The van der Waals surface area contributed by atoms with Crippen LogP contribution in [-0.2, 0) is 16.0 Å². The van der Waals surface area contributed by atoms with Crippen molar-refractivity contribution in [2.45, 2.75) is 40.2 Å². The lowest BCUT2D eigenvalue weighted by Gasteiger charge is -2.37. The van der Waals surface area contributed by atoms with Gasteiger partial charge in [0, 0.05) is 23.6 Å². The maximum atomic E-state index is 12.8. The van der Waals surface area contributed by atoms with Gasteiger partial charge in [0.15, 0.2) is 5.11 Å². The number of thiocarbonyl (C=S) groups is 1. The predicted molar refractivity (Wildman–Crippen MR) is 135 cm³/mol. The number of aryl methyl sites for hydroxylation is 1. The molecular formula is C25H30N4O3S. The van der Waals surface area contributed by atoms with Crippen molar-refractivity contribution < 1.29 is 14.3 Å². The summed E-state index contributed by atoms with van der Waals surface area (Å²) < 4.78 is 5.33. The number of urea groups is 1. The summed E-state index contributed by atoms with van der Waals surface area (Å²) in [6.45, 7) is 8.58. The number of hydrogen-bond acceptors (Lipinski definition) is 4. The molecule has 0 spiro atoms. The number of esters is 1. The monoisotopic (exact) mass is 466 g/mol. The highest BCUT2D eigenvalue weighted by Gasteiger charge is 2.34. The molecule has 0 radical (unpaired) electrons. The summed E-state index contributed by atoms with van der Waals surface area (Å²) in [7, 11) is 0. The minimum absolute atomic E-state index is 0.278. The molecule has 1 heterocycles. The molecule has 3 N–H and O–H groups in total. The van der Waals surface area contributed by atoms with E-state index in [0.717, 1.165) is 28.9 Å². The van der Waals surface area contributed by atoms with E-state index < -0.39 is 6.04 Å². The first kappa shape index (κ1) is 24.3. The first-order valence-corrected chi connectivity index (χ1v) is 11.5. The number of nitrogens with one attached hydrogen (secondary N) is 3. The van der Waals surface area contributed by atoms with E-state index in [1.807, 2.05) is 68.1 Å². The van der Waals surface area contributed by atoms with Crippen molar-refractivity contribution in [2.75, 3.05) is 23.8 Å². The lowest BCUT2D eigenvalue weighted by Crippen LogP contribution is -2.47. The second-order valence-corrected chi connectivity index (χ2v) is 7.95. The minimum Gasteiger partial charge on any atom is -0.463 e. The number of para-hydroxylation sites is 1. The number of rotatable bonds is 7. The van der Waals surface area contributed by atoms with E-state index in [-0.39, 0.29) is 18.6 Å². The average molecular weight is 467 g/mol. The summed E-state index contributed by atoms with van der Waals surface area (Å²) >= 11 is 5.53. The maximum absolute atomic E-state index is 12.8. The van der Waals surface area contributed by atoms with Crippen LogP contribution < -0.4 is 16.0 Å². The highest BCUT2D eigenvalue weighted by Crippen LogP contribution is 2.32. The number of anilines is 2. The highest BCUT2D eigenvalue weighted by atomic mass is 32.1. The van der Waals surface area contributed by atoms with E-state index in [1.165, 1.54) is 0 Å². The Bertz CT molecular complexity index is 1080. The van der Waals surface area contributed by atoms with Crippen molar-refractivity contribution in [3.05, 3.63) is 70.9 Å². The van der Waals surface area contributed by atoms with Crippen LogP contribution in [0.5, 0.6) is 0 Å². The van der Waals surface area contributed by atoms with Crippen molar-refractivity contribution in [3.8, 4) is 0 Å². The van der Waals surface area contributed by atoms with Crippen molar-refractivity contribution in [1.82, 2.24) is 10.2 Å². The van der Waals surface area contributed by atoms with Gasteiger partial charge in [-0.1, -0.05) is 37.3 Å². The van der Waals surface area contributed by atoms with Gasteiger partial charge in [0.1, 0.15) is 0 Å². The fourth-order valence-electron chi connectivity index (χ4n) is 3.92. The average Bonchev–Trinajstić information content (AvgIpc) is 2.79. The number of hydrogen-bond donors (Lipinski definition) is 3. The molecule has 174 valence electrons. The van der Waals surface area contributed by atoms with Crippen molar-refractivity contribution in [2.24, 2.45) is 0 Å².